The van der Waals surface area contributed by atoms with E-state index in [0.717, 1.165) is 0 Å². The predicted octanol–water partition coefficient (Wildman–Crippen LogP) is 2.75. The highest BCUT2D eigenvalue weighted by atomic mass is 19.1. The van der Waals surface area contributed by atoms with Gasteiger partial charge in [-0.1, -0.05) is 25.1 Å². The highest BCUT2D eigenvalue weighted by molar-refractivity contribution is 5.88. The van der Waals surface area contributed by atoms with Crippen LogP contribution in [0.25, 0.3) is 0 Å². The molecule has 0 saturated carbocycles. The van der Waals surface area contributed by atoms with Crippen molar-refractivity contribution in [3.63, 3.8) is 0 Å². The Kier molecular flexibility index (Phi) is 5.20. The van der Waals surface area contributed by atoms with Gasteiger partial charge in [0.1, 0.15) is 5.82 Å². The summed E-state index contributed by atoms with van der Waals surface area (Å²) in [6.07, 6.45) is 2.30. The average molecular weight is 237 g/mol. The second-order valence-corrected chi connectivity index (χ2v) is 3.44. The highest BCUT2D eigenvalue weighted by Gasteiger charge is 2.06. The molecular weight excluding hydrogens is 221 g/mol. The summed E-state index contributed by atoms with van der Waals surface area (Å²) in [7, 11) is 1.34. The van der Waals surface area contributed by atoms with Gasteiger partial charge in [-0.05, 0) is 18.6 Å². The molecule has 0 unspecified atom stereocenters. The third-order valence-electron chi connectivity index (χ3n) is 2.34. The van der Waals surface area contributed by atoms with Gasteiger partial charge in [0, 0.05) is 12.1 Å². The molecule has 0 amide bonds. The number of carbonyl (C=O) groups is 1. The number of esters is 1. The molecule has 0 spiro atoms. The van der Waals surface area contributed by atoms with Crippen LogP contribution in [0, 0.1) is 5.82 Å². The van der Waals surface area contributed by atoms with Crippen LogP contribution < -0.4 is 5.32 Å². The summed E-state index contributed by atoms with van der Waals surface area (Å²) in [4.78, 5) is 11.3. The molecule has 0 aromatic heterocycles. The molecule has 0 aliphatic carbocycles. The zero-order valence-electron chi connectivity index (χ0n) is 10.00. The average Bonchev–Trinajstić information content (AvgIpc) is 2.36. The molecule has 0 saturated heterocycles. The molecule has 1 aromatic carbocycles. The summed E-state index contributed by atoms with van der Waals surface area (Å²) in [5, 5.41) is 2.90. The summed E-state index contributed by atoms with van der Waals surface area (Å²) in [5.41, 5.74) is 1.00. The molecule has 92 valence electrons. The van der Waals surface area contributed by atoms with Crippen molar-refractivity contribution in [2.75, 3.05) is 19.0 Å². The Morgan fingerprint density at radius 2 is 2.18 bits per heavy atom. The van der Waals surface area contributed by atoms with Crippen LogP contribution >= 0.6 is 0 Å². The van der Waals surface area contributed by atoms with Crippen LogP contribution in [-0.2, 0) is 9.53 Å². The first-order chi connectivity index (χ1) is 8.19. The summed E-state index contributed by atoms with van der Waals surface area (Å²) >= 11 is 0. The summed E-state index contributed by atoms with van der Waals surface area (Å²) < 4.78 is 17.9. The van der Waals surface area contributed by atoms with Gasteiger partial charge in [0.15, 0.2) is 0 Å². The topological polar surface area (TPSA) is 38.3 Å². The van der Waals surface area contributed by atoms with Gasteiger partial charge in [-0.15, -0.1) is 0 Å². The maximum atomic E-state index is 13.2. The minimum Gasteiger partial charge on any atom is -0.466 e. The van der Waals surface area contributed by atoms with E-state index >= 15 is 0 Å². The van der Waals surface area contributed by atoms with E-state index < -0.39 is 0 Å². The van der Waals surface area contributed by atoms with Crippen LogP contribution in [0.15, 0.2) is 35.9 Å². The number of hydrogen-bond acceptors (Lipinski definition) is 3. The van der Waals surface area contributed by atoms with Gasteiger partial charge in [0.05, 0.1) is 12.8 Å². The van der Waals surface area contributed by atoms with Crippen LogP contribution in [-0.4, -0.2) is 19.6 Å². The fraction of sp³-hybridized carbons (Fsp3) is 0.308. The first kappa shape index (κ1) is 13.2. The summed E-state index contributed by atoms with van der Waals surface area (Å²) in [6, 6.07) is 6.40. The van der Waals surface area contributed by atoms with E-state index in [1.165, 1.54) is 13.2 Å². The van der Waals surface area contributed by atoms with Crippen molar-refractivity contribution < 1.29 is 13.9 Å². The third-order valence-corrected chi connectivity index (χ3v) is 2.34. The van der Waals surface area contributed by atoms with Crippen molar-refractivity contribution in [1.82, 2.24) is 0 Å². The molecule has 0 bridgehead atoms. The smallest absolute Gasteiger partial charge is 0.333 e. The number of methoxy groups -OCH3 is 1. The Morgan fingerprint density at radius 3 is 2.76 bits per heavy atom. The number of anilines is 1. The van der Waals surface area contributed by atoms with Gasteiger partial charge in [-0.2, -0.15) is 0 Å². The normalized spacial score (nSPS) is 11.1. The lowest BCUT2D eigenvalue weighted by Gasteiger charge is -2.06. The molecule has 0 radical (unpaired) electrons. The number of hydrogen-bond donors (Lipinski definition) is 1. The van der Waals surface area contributed by atoms with Crippen LogP contribution in [0.3, 0.4) is 0 Å². The predicted molar refractivity (Wildman–Crippen MR) is 65.3 cm³/mol. The number of carbonyl (C=O) groups excluding carboxylic acids is 1. The second kappa shape index (κ2) is 6.68. The molecule has 0 fully saturated rings. The van der Waals surface area contributed by atoms with Crippen molar-refractivity contribution >= 4 is 11.7 Å². The Bertz CT molecular complexity index is 416. The first-order valence-electron chi connectivity index (χ1n) is 5.44. The molecule has 0 aliphatic heterocycles. The Morgan fingerprint density at radius 1 is 1.47 bits per heavy atom. The number of nitrogens with one attached hydrogen (secondary N) is 1. The van der Waals surface area contributed by atoms with Crippen LogP contribution in [0.1, 0.15) is 13.3 Å². The van der Waals surface area contributed by atoms with Crippen molar-refractivity contribution in [1.29, 1.82) is 0 Å². The molecule has 0 aliphatic rings. The number of para-hydroxylation sites is 1. The van der Waals surface area contributed by atoms with Gasteiger partial charge >= 0.3 is 5.97 Å². The van der Waals surface area contributed by atoms with Crippen molar-refractivity contribution in [2.24, 2.45) is 0 Å². The Labute approximate surface area is 100 Å². The van der Waals surface area contributed by atoms with Crippen molar-refractivity contribution in [2.45, 2.75) is 13.3 Å². The lowest BCUT2D eigenvalue weighted by atomic mass is 10.2. The highest BCUT2D eigenvalue weighted by Crippen LogP contribution is 2.12. The van der Waals surface area contributed by atoms with E-state index in [-0.39, 0.29) is 11.8 Å². The van der Waals surface area contributed by atoms with Gasteiger partial charge in [-0.25, -0.2) is 9.18 Å². The first-order valence-corrected chi connectivity index (χ1v) is 5.44. The number of benzene rings is 1. The van der Waals surface area contributed by atoms with E-state index in [1.807, 2.05) is 6.92 Å². The molecule has 1 rings (SSSR count). The molecule has 1 N–H and O–H groups in total. The largest absolute Gasteiger partial charge is 0.466 e. The molecule has 4 heteroatoms. The van der Waals surface area contributed by atoms with Gasteiger partial charge in [0.25, 0.3) is 0 Å². The molecule has 0 heterocycles. The Balaban J connectivity index is 2.59. The summed E-state index contributed by atoms with van der Waals surface area (Å²) in [6.45, 7) is 2.26. The maximum Gasteiger partial charge on any atom is 0.333 e. The van der Waals surface area contributed by atoms with Gasteiger partial charge < -0.3 is 10.1 Å². The lowest BCUT2D eigenvalue weighted by molar-refractivity contribution is -0.136. The summed E-state index contributed by atoms with van der Waals surface area (Å²) in [5.74, 6) is -0.653. The molecule has 0 atom stereocenters. The fourth-order valence-corrected chi connectivity index (χ4v) is 1.39. The van der Waals surface area contributed by atoms with E-state index in [0.29, 0.717) is 24.2 Å². The molecular formula is C13H16FNO2. The molecule has 17 heavy (non-hydrogen) atoms. The van der Waals surface area contributed by atoms with Crippen molar-refractivity contribution in [3.8, 4) is 0 Å². The molecule has 1 aromatic rings. The van der Waals surface area contributed by atoms with E-state index in [9.17, 15) is 9.18 Å². The lowest BCUT2D eigenvalue weighted by Crippen LogP contribution is -2.07. The van der Waals surface area contributed by atoms with E-state index in [2.05, 4.69) is 10.1 Å². The Hall–Kier alpha value is -1.84. The van der Waals surface area contributed by atoms with Crippen LogP contribution in [0.5, 0.6) is 0 Å². The molecule has 3 nitrogen and oxygen atoms in total. The maximum absolute atomic E-state index is 13.2. The SMILES string of the molecule is CC/C(=C/CNc1ccccc1F)C(=O)OC. The van der Waals surface area contributed by atoms with E-state index in [4.69, 9.17) is 0 Å². The monoisotopic (exact) mass is 237 g/mol. The standard InChI is InChI=1S/C13H16FNO2/c1-3-10(13(16)17-2)8-9-15-12-7-5-4-6-11(12)14/h4-8,15H,3,9H2,1-2H3/b10-8-. The second-order valence-electron chi connectivity index (χ2n) is 3.44. The number of rotatable bonds is 5. The minimum absolute atomic E-state index is 0.308. The zero-order valence-corrected chi connectivity index (χ0v) is 10.00. The van der Waals surface area contributed by atoms with Gasteiger partial charge in [0.2, 0.25) is 0 Å². The third kappa shape index (κ3) is 3.90. The van der Waals surface area contributed by atoms with Crippen molar-refractivity contribution in [3.05, 3.63) is 41.7 Å². The van der Waals surface area contributed by atoms with Crippen LogP contribution in [0.4, 0.5) is 10.1 Å². The van der Waals surface area contributed by atoms with E-state index in [1.54, 1.807) is 24.3 Å². The minimum atomic E-state index is -0.345. The fourth-order valence-electron chi connectivity index (χ4n) is 1.39. The van der Waals surface area contributed by atoms with Gasteiger partial charge in [-0.3, -0.25) is 0 Å². The quantitative estimate of drug-likeness (QED) is 0.632. The number of ether oxygens (including phenoxy) is 1. The zero-order chi connectivity index (χ0) is 12.7. The number of halogens is 1. The van der Waals surface area contributed by atoms with Crippen LogP contribution in [0.2, 0.25) is 0 Å².